The van der Waals surface area contributed by atoms with Crippen molar-refractivity contribution in [1.29, 1.82) is 0 Å². The SMILES string of the molecule is CC(c1ccccc1)N(C)C(=O)CN1CCCC(CCN)C1. The van der Waals surface area contributed by atoms with Crippen LogP contribution < -0.4 is 5.73 Å². The molecule has 122 valence electrons. The first-order chi connectivity index (χ1) is 10.6. The number of amides is 1. The molecule has 0 aromatic heterocycles. The average Bonchev–Trinajstić information content (AvgIpc) is 2.55. The van der Waals surface area contributed by atoms with E-state index in [1.807, 2.05) is 30.1 Å². The molecule has 2 N–H and O–H groups in total. The Kier molecular flexibility index (Phi) is 6.40. The number of carbonyl (C=O) groups is 1. The molecule has 2 unspecified atom stereocenters. The Morgan fingerprint density at radius 1 is 1.41 bits per heavy atom. The molecule has 4 heteroatoms. The van der Waals surface area contributed by atoms with Gasteiger partial charge in [0.2, 0.25) is 5.91 Å². The van der Waals surface area contributed by atoms with Crippen LogP contribution in [-0.4, -0.2) is 48.9 Å². The van der Waals surface area contributed by atoms with Gasteiger partial charge in [-0.3, -0.25) is 9.69 Å². The van der Waals surface area contributed by atoms with Crippen LogP contribution in [0.3, 0.4) is 0 Å². The molecule has 1 aliphatic heterocycles. The van der Waals surface area contributed by atoms with E-state index in [0.717, 1.165) is 26.1 Å². The quantitative estimate of drug-likeness (QED) is 0.877. The van der Waals surface area contributed by atoms with Crippen molar-refractivity contribution in [2.24, 2.45) is 11.7 Å². The summed E-state index contributed by atoms with van der Waals surface area (Å²) < 4.78 is 0. The highest BCUT2D eigenvalue weighted by Gasteiger charge is 2.24. The van der Waals surface area contributed by atoms with Crippen LogP contribution in [0.25, 0.3) is 0 Å². The Labute approximate surface area is 134 Å². The Bertz CT molecular complexity index is 461. The number of rotatable bonds is 6. The molecule has 0 bridgehead atoms. The molecule has 4 nitrogen and oxygen atoms in total. The van der Waals surface area contributed by atoms with Crippen LogP contribution in [0.5, 0.6) is 0 Å². The lowest BCUT2D eigenvalue weighted by Crippen LogP contribution is -2.44. The van der Waals surface area contributed by atoms with E-state index >= 15 is 0 Å². The number of benzene rings is 1. The van der Waals surface area contributed by atoms with E-state index in [1.165, 1.54) is 18.4 Å². The van der Waals surface area contributed by atoms with Crippen LogP contribution in [0, 0.1) is 5.92 Å². The summed E-state index contributed by atoms with van der Waals surface area (Å²) in [5.41, 5.74) is 6.84. The minimum atomic E-state index is 0.110. The zero-order chi connectivity index (χ0) is 15.9. The summed E-state index contributed by atoms with van der Waals surface area (Å²) in [5.74, 6) is 0.855. The summed E-state index contributed by atoms with van der Waals surface area (Å²) in [6, 6.07) is 10.3. The van der Waals surface area contributed by atoms with Gasteiger partial charge in [-0.25, -0.2) is 0 Å². The Morgan fingerprint density at radius 2 is 2.14 bits per heavy atom. The standard InChI is InChI=1S/C18H29N3O/c1-15(17-8-4-3-5-9-17)20(2)18(22)14-21-12-6-7-16(13-21)10-11-19/h3-5,8-9,15-16H,6-7,10-14,19H2,1-2H3. The van der Waals surface area contributed by atoms with Crippen molar-refractivity contribution < 1.29 is 4.79 Å². The van der Waals surface area contributed by atoms with Crippen molar-refractivity contribution in [1.82, 2.24) is 9.80 Å². The number of piperidine rings is 1. The number of hydrogen-bond acceptors (Lipinski definition) is 3. The third-order valence-corrected chi connectivity index (χ3v) is 4.79. The first kappa shape index (κ1) is 17.0. The Balaban J connectivity index is 1.88. The maximum absolute atomic E-state index is 12.6. The van der Waals surface area contributed by atoms with Crippen LogP contribution >= 0.6 is 0 Å². The minimum absolute atomic E-state index is 0.110. The van der Waals surface area contributed by atoms with Crippen molar-refractivity contribution in [3.8, 4) is 0 Å². The zero-order valence-corrected chi connectivity index (χ0v) is 13.9. The molecular weight excluding hydrogens is 274 g/mol. The van der Waals surface area contributed by atoms with E-state index in [0.29, 0.717) is 12.5 Å². The molecule has 1 aromatic carbocycles. The highest BCUT2D eigenvalue weighted by atomic mass is 16.2. The lowest BCUT2D eigenvalue weighted by Gasteiger charge is -2.34. The summed E-state index contributed by atoms with van der Waals surface area (Å²) in [4.78, 5) is 16.7. The molecule has 1 aliphatic rings. The normalized spacial score (nSPS) is 20.6. The molecule has 0 radical (unpaired) electrons. The molecule has 0 spiro atoms. The van der Waals surface area contributed by atoms with Gasteiger partial charge in [0.15, 0.2) is 0 Å². The van der Waals surface area contributed by atoms with Crippen molar-refractivity contribution in [3.05, 3.63) is 35.9 Å². The minimum Gasteiger partial charge on any atom is -0.338 e. The number of likely N-dealkylation sites (N-methyl/N-ethyl adjacent to an activating group) is 1. The molecule has 22 heavy (non-hydrogen) atoms. The molecule has 2 rings (SSSR count). The summed E-state index contributed by atoms with van der Waals surface area (Å²) in [6.07, 6.45) is 3.50. The summed E-state index contributed by atoms with van der Waals surface area (Å²) in [6.45, 7) is 5.39. The predicted molar refractivity (Wildman–Crippen MR) is 90.5 cm³/mol. The van der Waals surface area contributed by atoms with Crippen LogP contribution in [0.4, 0.5) is 0 Å². The average molecular weight is 303 g/mol. The molecule has 0 saturated carbocycles. The number of likely N-dealkylation sites (tertiary alicyclic amines) is 1. The maximum atomic E-state index is 12.6. The monoisotopic (exact) mass is 303 g/mol. The van der Waals surface area contributed by atoms with Crippen molar-refractivity contribution in [3.63, 3.8) is 0 Å². The van der Waals surface area contributed by atoms with E-state index in [9.17, 15) is 4.79 Å². The third kappa shape index (κ3) is 4.55. The molecule has 1 saturated heterocycles. The Morgan fingerprint density at radius 3 is 2.82 bits per heavy atom. The number of carbonyl (C=O) groups excluding carboxylic acids is 1. The summed E-state index contributed by atoms with van der Waals surface area (Å²) in [7, 11) is 1.90. The molecule has 1 aromatic rings. The lowest BCUT2D eigenvalue weighted by atomic mass is 9.95. The van der Waals surface area contributed by atoms with E-state index in [-0.39, 0.29) is 11.9 Å². The number of nitrogens with two attached hydrogens (primary N) is 1. The molecule has 2 atom stereocenters. The van der Waals surface area contributed by atoms with Gasteiger partial charge in [-0.05, 0) is 50.8 Å². The zero-order valence-electron chi connectivity index (χ0n) is 13.9. The number of hydrogen-bond donors (Lipinski definition) is 1. The van der Waals surface area contributed by atoms with Gasteiger partial charge in [0.1, 0.15) is 0 Å². The topological polar surface area (TPSA) is 49.6 Å². The third-order valence-electron chi connectivity index (χ3n) is 4.79. The highest BCUT2D eigenvalue weighted by Crippen LogP contribution is 2.21. The van der Waals surface area contributed by atoms with E-state index in [2.05, 4.69) is 24.0 Å². The van der Waals surface area contributed by atoms with Crippen LogP contribution in [-0.2, 0) is 4.79 Å². The van der Waals surface area contributed by atoms with Crippen molar-refractivity contribution in [2.75, 3.05) is 33.2 Å². The summed E-state index contributed by atoms with van der Waals surface area (Å²) >= 11 is 0. The van der Waals surface area contributed by atoms with E-state index in [1.54, 1.807) is 0 Å². The molecule has 0 aliphatic carbocycles. The smallest absolute Gasteiger partial charge is 0.236 e. The van der Waals surface area contributed by atoms with Crippen LogP contribution in [0.2, 0.25) is 0 Å². The predicted octanol–water partition coefficient (Wildman–Crippen LogP) is 2.27. The first-order valence-corrected chi connectivity index (χ1v) is 8.35. The Hall–Kier alpha value is -1.39. The van der Waals surface area contributed by atoms with E-state index in [4.69, 9.17) is 5.73 Å². The van der Waals surface area contributed by atoms with Crippen molar-refractivity contribution in [2.45, 2.75) is 32.2 Å². The fourth-order valence-electron chi connectivity index (χ4n) is 3.24. The lowest BCUT2D eigenvalue weighted by molar-refractivity contribution is -0.133. The maximum Gasteiger partial charge on any atom is 0.236 e. The second kappa shape index (κ2) is 8.30. The molecule has 1 fully saturated rings. The van der Waals surface area contributed by atoms with Gasteiger partial charge in [-0.2, -0.15) is 0 Å². The fourth-order valence-corrected chi connectivity index (χ4v) is 3.24. The van der Waals surface area contributed by atoms with Gasteiger partial charge in [0, 0.05) is 13.6 Å². The highest BCUT2D eigenvalue weighted by molar-refractivity contribution is 5.78. The van der Waals surface area contributed by atoms with Gasteiger partial charge in [-0.15, -0.1) is 0 Å². The molecule has 1 heterocycles. The fraction of sp³-hybridized carbons (Fsp3) is 0.611. The van der Waals surface area contributed by atoms with Gasteiger partial charge in [0.25, 0.3) is 0 Å². The number of nitrogens with zero attached hydrogens (tertiary/aromatic N) is 2. The van der Waals surface area contributed by atoms with Gasteiger partial charge >= 0.3 is 0 Å². The van der Waals surface area contributed by atoms with E-state index < -0.39 is 0 Å². The molecule has 1 amide bonds. The first-order valence-electron chi connectivity index (χ1n) is 8.35. The van der Waals surface area contributed by atoms with Crippen molar-refractivity contribution >= 4 is 5.91 Å². The van der Waals surface area contributed by atoms with Gasteiger partial charge in [-0.1, -0.05) is 30.3 Å². The second-order valence-corrected chi connectivity index (χ2v) is 6.41. The van der Waals surface area contributed by atoms with Gasteiger partial charge in [0.05, 0.1) is 12.6 Å². The summed E-state index contributed by atoms with van der Waals surface area (Å²) in [5, 5.41) is 0. The second-order valence-electron chi connectivity index (χ2n) is 6.41. The molecular formula is C18H29N3O. The van der Waals surface area contributed by atoms with Crippen LogP contribution in [0.15, 0.2) is 30.3 Å². The van der Waals surface area contributed by atoms with Crippen LogP contribution in [0.1, 0.15) is 37.8 Å². The van der Waals surface area contributed by atoms with Gasteiger partial charge < -0.3 is 10.6 Å². The largest absolute Gasteiger partial charge is 0.338 e.